The number of methoxy groups -OCH3 is 2. The van der Waals surface area contributed by atoms with E-state index in [1.807, 2.05) is 140 Å². The van der Waals surface area contributed by atoms with Crippen LogP contribution in [0.2, 0.25) is 0 Å². The molecule has 0 aliphatic heterocycles. The highest BCUT2D eigenvalue weighted by Crippen LogP contribution is 2.39. The molecular weight excluding hydrogens is 996 g/mol. The third kappa shape index (κ3) is 11.5. The molecule has 0 radical (unpaired) electrons. The highest BCUT2D eigenvalue weighted by atomic mass is 35.5. The van der Waals surface area contributed by atoms with E-state index >= 15 is 0 Å². The zero-order valence-corrected chi connectivity index (χ0v) is 45.3. The highest BCUT2D eigenvalue weighted by Gasteiger charge is 2.24. The Morgan fingerprint density at radius 3 is 1.25 bits per heavy atom. The quantitative estimate of drug-likeness (QED) is 0.0931. The summed E-state index contributed by atoms with van der Waals surface area (Å²) in [5, 5.41) is 9.61. The van der Waals surface area contributed by atoms with E-state index < -0.39 is 0 Å². The average Bonchev–Trinajstić information content (AvgIpc) is 3.98. The van der Waals surface area contributed by atoms with Gasteiger partial charge in [0.25, 0.3) is 11.1 Å². The second-order valence-corrected chi connectivity index (χ2v) is 18.9. The maximum atomic E-state index is 13.8. The van der Waals surface area contributed by atoms with Crippen LogP contribution in [-0.2, 0) is 25.9 Å². The second-order valence-electron chi connectivity index (χ2n) is 18.9. The van der Waals surface area contributed by atoms with Gasteiger partial charge >= 0.3 is 0 Å². The summed E-state index contributed by atoms with van der Waals surface area (Å²) in [6, 6.07) is 29.5. The number of ether oxygens (including phenoxy) is 2. The normalized spacial score (nSPS) is 11.0. The molecule has 10 rings (SSSR count). The molecule has 0 spiro atoms. The first-order chi connectivity index (χ1) is 36.5. The molecule has 0 atom stereocenters. The predicted molar refractivity (Wildman–Crippen MR) is 297 cm³/mol. The molecule has 77 heavy (non-hydrogen) atoms. The van der Waals surface area contributed by atoms with Gasteiger partial charge in [-0.1, -0.05) is 22.4 Å². The van der Waals surface area contributed by atoms with Crippen LogP contribution in [0.25, 0.3) is 44.1 Å². The molecule has 2 aromatic carbocycles. The van der Waals surface area contributed by atoms with Crippen LogP contribution in [0.5, 0.6) is 11.5 Å². The fourth-order valence-electron chi connectivity index (χ4n) is 9.85. The Balaban J connectivity index is 0.000000201. The number of fused-ring (bicyclic) bond motifs is 2. The minimum absolute atomic E-state index is 0. The monoisotopic (exact) mass is 1050 g/mol. The molecule has 392 valence electrons. The maximum Gasteiger partial charge on any atom is 0.262 e. The number of carbonyl (C=O) groups is 2. The van der Waals surface area contributed by atoms with Crippen molar-refractivity contribution < 1.29 is 28.1 Å². The van der Waals surface area contributed by atoms with Crippen LogP contribution in [0.3, 0.4) is 0 Å². The van der Waals surface area contributed by atoms with Crippen molar-refractivity contribution in [1.82, 2.24) is 39.4 Å². The molecule has 0 amide bonds. The number of carbonyl (C=O) groups excluding carboxylic acids is 2. The summed E-state index contributed by atoms with van der Waals surface area (Å²) in [5.41, 5.74) is 11.7. The molecule has 16 nitrogen and oxygen atoms in total. The van der Waals surface area contributed by atoms with Gasteiger partial charge in [-0.15, -0.1) is 12.4 Å². The SMILES string of the molecule is COc1cc2c(cc1-c1c(C)noc1C)cc(C(=O)Cc1cc(C)cc(C)n1)c(=O)n2Cc1ccccn1.COc1cc2c(cc1-c1c(C)noc1C)cc(C(=O)Cc1cc(C)cc(C)n1)c(=O)n2Cc1ccccn1.Cl. The average molecular weight is 1050 g/mol. The lowest BCUT2D eigenvalue weighted by Crippen LogP contribution is -2.28. The Morgan fingerprint density at radius 1 is 0.519 bits per heavy atom. The maximum absolute atomic E-state index is 13.8. The lowest BCUT2D eigenvalue weighted by atomic mass is 9.98. The molecule has 0 bridgehead atoms. The minimum atomic E-state index is -0.385. The van der Waals surface area contributed by atoms with Gasteiger partial charge in [-0.2, -0.15) is 0 Å². The molecule has 0 fully saturated rings. The molecule has 8 heterocycles. The van der Waals surface area contributed by atoms with Crippen LogP contribution < -0.4 is 20.6 Å². The molecule has 17 heteroatoms. The van der Waals surface area contributed by atoms with E-state index in [1.54, 1.807) is 47.9 Å². The summed E-state index contributed by atoms with van der Waals surface area (Å²) in [7, 11) is 3.16. The zero-order chi connectivity index (χ0) is 53.9. The van der Waals surface area contributed by atoms with E-state index in [1.165, 1.54) is 0 Å². The van der Waals surface area contributed by atoms with Crippen molar-refractivity contribution in [2.75, 3.05) is 14.2 Å². The molecule has 8 aromatic heterocycles. The van der Waals surface area contributed by atoms with Gasteiger partial charge in [-0.3, -0.25) is 39.1 Å². The van der Waals surface area contributed by atoms with E-state index in [2.05, 4.69) is 30.2 Å². The molecular formula is C60H57ClN8O8. The van der Waals surface area contributed by atoms with Gasteiger partial charge in [-0.05, 0) is 139 Å². The molecule has 0 aliphatic carbocycles. The third-order valence-electron chi connectivity index (χ3n) is 13.1. The number of Topliss-reactive ketones (excluding diaryl/α,β-unsaturated/α-hetero) is 2. The summed E-state index contributed by atoms with van der Waals surface area (Å²) in [5.74, 6) is 1.86. The Morgan fingerprint density at radius 2 is 0.922 bits per heavy atom. The van der Waals surface area contributed by atoms with Crippen LogP contribution in [0.4, 0.5) is 0 Å². The van der Waals surface area contributed by atoms with Crippen molar-refractivity contribution >= 4 is 45.8 Å². The lowest BCUT2D eigenvalue weighted by Gasteiger charge is -2.16. The van der Waals surface area contributed by atoms with Crippen LogP contribution in [0, 0.1) is 55.4 Å². The van der Waals surface area contributed by atoms with E-state index in [-0.39, 0.29) is 72.2 Å². The van der Waals surface area contributed by atoms with Crippen LogP contribution >= 0.6 is 12.4 Å². The number of halogens is 1. The summed E-state index contributed by atoms with van der Waals surface area (Å²) in [6.07, 6.45) is 3.42. The smallest absolute Gasteiger partial charge is 0.262 e. The summed E-state index contributed by atoms with van der Waals surface area (Å²) >= 11 is 0. The number of hydrogen-bond acceptors (Lipinski definition) is 14. The largest absolute Gasteiger partial charge is 0.496 e. The van der Waals surface area contributed by atoms with Gasteiger partial charge in [0.1, 0.15) is 23.0 Å². The fraction of sp³-hybridized carbons (Fsp3) is 0.233. The Bertz CT molecular complexity index is 3660. The number of pyridine rings is 6. The number of hydrogen-bond donors (Lipinski definition) is 0. The first-order valence-corrected chi connectivity index (χ1v) is 24.6. The molecule has 0 aliphatic rings. The van der Waals surface area contributed by atoms with E-state index in [9.17, 15) is 19.2 Å². The number of aromatic nitrogens is 8. The summed E-state index contributed by atoms with van der Waals surface area (Å²) < 4.78 is 25.4. The van der Waals surface area contributed by atoms with Crippen molar-refractivity contribution in [3.63, 3.8) is 0 Å². The van der Waals surface area contributed by atoms with Crippen molar-refractivity contribution in [1.29, 1.82) is 0 Å². The number of benzene rings is 2. The van der Waals surface area contributed by atoms with Gasteiger partial charge in [0.2, 0.25) is 0 Å². The van der Waals surface area contributed by atoms with Gasteiger partial charge in [0.15, 0.2) is 11.6 Å². The number of ketones is 2. The lowest BCUT2D eigenvalue weighted by molar-refractivity contribution is 0.0982. The van der Waals surface area contributed by atoms with E-state index in [0.29, 0.717) is 67.6 Å². The number of aryl methyl sites for hydroxylation is 8. The minimum Gasteiger partial charge on any atom is -0.496 e. The second kappa shape index (κ2) is 22.9. The van der Waals surface area contributed by atoms with Gasteiger partial charge in [0.05, 0.1) is 96.2 Å². The third-order valence-corrected chi connectivity index (χ3v) is 13.1. The van der Waals surface area contributed by atoms with Gasteiger partial charge in [-0.25, -0.2) is 0 Å². The zero-order valence-electron chi connectivity index (χ0n) is 44.5. The Kier molecular flexibility index (Phi) is 16.2. The van der Waals surface area contributed by atoms with Gasteiger partial charge in [0, 0.05) is 69.2 Å². The van der Waals surface area contributed by atoms with E-state index in [0.717, 1.165) is 56.2 Å². The van der Waals surface area contributed by atoms with Crippen molar-refractivity contribution in [2.24, 2.45) is 0 Å². The Labute approximate surface area is 450 Å². The topological polar surface area (TPSA) is 200 Å². The summed E-state index contributed by atoms with van der Waals surface area (Å²) in [6.45, 7) is 15.5. The fourth-order valence-corrected chi connectivity index (χ4v) is 9.85. The summed E-state index contributed by atoms with van der Waals surface area (Å²) in [4.78, 5) is 72.5. The van der Waals surface area contributed by atoms with Crippen molar-refractivity contribution in [3.8, 4) is 33.8 Å². The van der Waals surface area contributed by atoms with E-state index in [4.69, 9.17) is 18.5 Å². The first kappa shape index (κ1) is 54.4. The van der Waals surface area contributed by atoms with Crippen molar-refractivity contribution in [2.45, 2.75) is 81.3 Å². The van der Waals surface area contributed by atoms with Gasteiger partial charge < -0.3 is 27.7 Å². The van der Waals surface area contributed by atoms with Crippen LogP contribution in [-0.4, -0.2) is 65.2 Å². The molecule has 0 saturated carbocycles. The molecule has 10 aromatic rings. The van der Waals surface area contributed by atoms with Crippen molar-refractivity contribution in [3.05, 3.63) is 209 Å². The standard InChI is InChI=1S/2C30H28N4O4.ClH/c2*1-17-10-18(2)32-23(11-17)14-27(35)24-12-21-13-25(29-19(3)33-38-20(29)4)28(37-5)15-26(21)34(30(24)36)16-22-8-6-7-9-31-22;/h2*6-13,15H,14,16H2,1-5H3;1H. The molecule has 0 saturated heterocycles. The molecule has 0 unspecified atom stereocenters. The Hall–Kier alpha value is -8.89. The number of rotatable bonds is 14. The van der Waals surface area contributed by atoms with Crippen LogP contribution in [0.1, 0.15) is 88.9 Å². The highest BCUT2D eigenvalue weighted by molar-refractivity contribution is 6.02. The molecule has 0 N–H and O–H groups in total. The predicted octanol–water partition coefficient (Wildman–Crippen LogP) is 10.7. The number of nitrogens with zero attached hydrogens (tertiary/aromatic N) is 8. The van der Waals surface area contributed by atoms with Crippen LogP contribution in [0.15, 0.2) is 128 Å². The first-order valence-electron chi connectivity index (χ1n) is 24.6.